The van der Waals surface area contributed by atoms with Crippen LogP contribution in [0.25, 0.3) is 0 Å². The summed E-state index contributed by atoms with van der Waals surface area (Å²) in [6.45, 7) is 0. The number of carbonyl (C=O) groups is 1. The second-order valence-electron chi connectivity index (χ2n) is 5.40. The summed E-state index contributed by atoms with van der Waals surface area (Å²) in [6, 6.07) is 5.90. The Bertz CT molecular complexity index is 597. The average Bonchev–Trinajstić information content (AvgIpc) is 3.07. The van der Waals surface area contributed by atoms with Gasteiger partial charge in [-0.15, -0.1) is 0 Å². The van der Waals surface area contributed by atoms with Crippen LogP contribution in [0.15, 0.2) is 29.4 Å². The van der Waals surface area contributed by atoms with Gasteiger partial charge in [-0.05, 0) is 43.6 Å². The van der Waals surface area contributed by atoms with Crippen LogP contribution in [0.4, 0.5) is 5.69 Å². The number of hydrazone groups is 1. The summed E-state index contributed by atoms with van der Waals surface area (Å²) in [5.74, 6) is 0.681. The SMILES string of the molecule is O=C(N/N=C1/CC2CCC1C2)c1ccccc1[N+](=O)[O-]. The van der Waals surface area contributed by atoms with E-state index in [-0.39, 0.29) is 11.3 Å². The molecule has 1 aromatic rings. The van der Waals surface area contributed by atoms with Crippen molar-refractivity contribution in [3.8, 4) is 0 Å². The maximum atomic E-state index is 12.0. The fourth-order valence-corrected chi connectivity index (χ4v) is 3.17. The molecule has 0 spiro atoms. The number of benzene rings is 1. The molecule has 2 aliphatic rings. The molecule has 0 heterocycles. The van der Waals surface area contributed by atoms with Crippen LogP contribution >= 0.6 is 0 Å². The Kier molecular flexibility index (Phi) is 3.22. The third-order valence-electron chi connectivity index (χ3n) is 4.16. The fraction of sp³-hybridized carbons (Fsp3) is 0.429. The zero-order chi connectivity index (χ0) is 14.1. The first-order valence-electron chi connectivity index (χ1n) is 6.75. The van der Waals surface area contributed by atoms with Gasteiger partial charge in [0.2, 0.25) is 0 Å². The minimum atomic E-state index is -0.556. The number of para-hydroxylation sites is 1. The average molecular weight is 273 g/mol. The van der Waals surface area contributed by atoms with Crippen LogP contribution < -0.4 is 5.43 Å². The second kappa shape index (κ2) is 5.03. The lowest BCUT2D eigenvalue weighted by Gasteiger charge is -2.11. The van der Waals surface area contributed by atoms with Gasteiger partial charge in [-0.2, -0.15) is 5.10 Å². The van der Waals surface area contributed by atoms with E-state index in [1.165, 1.54) is 31.0 Å². The molecule has 0 aliphatic heterocycles. The highest BCUT2D eigenvalue weighted by Gasteiger charge is 2.36. The number of carbonyl (C=O) groups excluding carboxylic acids is 1. The van der Waals surface area contributed by atoms with Gasteiger partial charge in [0.05, 0.1) is 4.92 Å². The van der Waals surface area contributed by atoms with Gasteiger partial charge in [-0.25, -0.2) is 5.43 Å². The molecule has 0 aromatic heterocycles. The lowest BCUT2D eigenvalue weighted by molar-refractivity contribution is -0.385. The number of nitro groups is 1. The first-order chi connectivity index (χ1) is 9.65. The summed E-state index contributed by atoms with van der Waals surface area (Å²) in [6.07, 6.45) is 4.51. The second-order valence-corrected chi connectivity index (χ2v) is 5.40. The minimum absolute atomic E-state index is 0.0463. The van der Waals surface area contributed by atoms with Gasteiger partial charge >= 0.3 is 0 Å². The van der Waals surface area contributed by atoms with Gasteiger partial charge < -0.3 is 0 Å². The Morgan fingerprint density at radius 2 is 2.15 bits per heavy atom. The van der Waals surface area contributed by atoms with Crippen LogP contribution in [0.3, 0.4) is 0 Å². The molecule has 1 aromatic carbocycles. The van der Waals surface area contributed by atoms with Crippen molar-refractivity contribution < 1.29 is 9.72 Å². The predicted octanol–water partition coefficient (Wildman–Crippen LogP) is 2.50. The van der Waals surface area contributed by atoms with E-state index in [0.717, 1.165) is 18.6 Å². The largest absolute Gasteiger partial charge is 0.282 e. The van der Waals surface area contributed by atoms with Crippen molar-refractivity contribution >= 4 is 17.3 Å². The molecule has 6 nitrogen and oxygen atoms in total. The molecule has 0 saturated heterocycles. The standard InChI is InChI=1S/C14H15N3O3/c18-14(11-3-1-2-4-13(11)17(19)20)16-15-12-8-9-5-6-10(12)7-9/h1-4,9-10H,5-8H2,(H,16,18)/b15-12-. The van der Waals surface area contributed by atoms with Crippen LogP contribution in [0.1, 0.15) is 36.0 Å². The topological polar surface area (TPSA) is 84.6 Å². The highest BCUT2D eigenvalue weighted by atomic mass is 16.6. The van der Waals surface area contributed by atoms with E-state index < -0.39 is 10.8 Å². The maximum Gasteiger partial charge on any atom is 0.282 e. The molecule has 6 heteroatoms. The summed E-state index contributed by atoms with van der Waals surface area (Å²) >= 11 is 0. The Hall–Kier alpha value is -2.24. The molecule has 2 unspecified atom stereocenters. The number of amides is 1. The molecule has 2 bridgehead atoms. The Balaban J connectivity index is 1.74. The highest BCUT2D eigenvalue weighted by Crippen LogP contribution is 2.42. The molecule has 3 rings (SSSR count). The van der Waals surface area contributed by atoms with Gasteiger partial charge in [-0.3, -0.25) is 14.9 Å². The van der Waals surface area contributed by atoms with Gasteiger partial charge in [0.25, 0.3) is 11.6 Å². The monoisotopic (exact) mass is 273 g/mol. The van der Waals surface area contributed by atoms with Gasteiger partial charge in [0.15, 0.2) is 0 Å². The number of rotatable bonds is 3. The fourth-order valence-electron chi connectivity index (χ4n) is 3.17. The quantitative estimate of drug-likeness (QED) is 0.678. The predicted molar refractivity (Wildman–Crippen MR) is 73.4 cm³/mol. The van der Waals surface area contributed by atoms with Gasteiger partial charge in [-0.1, -0.05) is 12.1 Å². The number of nitrogens with one attached hydrogen (secondary N) is 1. The normalized spacial score (nSPS) is 25.9. The van der Waals surface area contributed by atoms with Crippen molar-refractivity contribution in [3.63, 3.8) is 0 Å². The van der Waals surface area contributed by atoms with Crippen molar-refractivity contribution in [1.82, 2.24) is 5.43 Å². The van der Waals surface area contributed by atoms with Crippen LogP contribution in [-0.4, -0.2) is 16.5 Å². The number of nitro benzene ring substituents is 1. The number of fused-ring (bicyclic) bond motifs is 2. The third kappa shape index (κ3) is 2.29. The van der Waals surface area contributed by atoms with Crippen molar-refractivity contribution in [1.29, 1.82) is 0 Å². The first-order valence-corrected chi connectivity index (χ1v) is 6.75. The molecule has 20 heavy (non-hydrogen) atoms. The molecular formula is C14H15N3O3. The molecule has 2 saturated carbocycles. The van der Waals surface area contributed by atoms with E-state index in [4.69, 9.17) is 0 Å². The van der Waals surface area contributed by atoms with E-state index in [2.05, 4.69) is 10.5 Å². The molecule has 2 fully saturated rings. The smallest absolute Gasteiger partial charge is 0.267 e. The summed E-state index contributed by atoms with van der Waals surface area (Å²) in [7, 11) is 0. The summed E-state index contributed by atoms with van der Waals surface area (Å²) in [4.78, 5) is 22.3. The van der Waals surface area contributed by atoms with Gasteiger partial charge in [0, 0.05) is 11.8 Å². The van der Waals surface area contributed by atoms with Crippen LogP contribution in [-0.2, 0) is 0 Å². The minimum Gasteiger partial charge on any atom is -0.267 e. The molecule has 2 aliphatic carbocycles. The van der Waals surface area contributed by atoms with E-state index in [1.54, 1.807) is 6.07 Å². The van der Waals surface area contributed by atoms with Gasteiger partial charge in [0.1, 0.15) is 5.56 Å². The van der Waals surface area contributed by atoms with Crippen LogP contribution in [0.5, 0.6) is 0 Å². The van der Waals surface area contributed by atoms with Crippen LogP contribution in [0.2, 0.25) is 0 Å². The molecule has 1 N–H and O–H groups in total. The Morgan fingerprint density at radius 3 is 2.80 bits per heavy atom. The Morgan fingerprint density at radius 1 is 1.35 bits per heavy atom. The number of nitrogens with zero attached hydrogens (tertiary/aromatic N) is 2. The van der Waals surface area contributed by atoms with Crippen molar-refractivity contribution in [2.45, 2.75) is 25.7 Å². The van der Waals surface area contributed by atoms with Crippen molar-refractivity contribution in [3.05, 3.63) is 39.9 Å². The number of hydrogen-bond acceptors (Lipinski definition) is 4. The molecule has 2 atom stereocenters. The first kappa shape index (κ1) is 12.8. The van der Waals surface area contributed by atoms with E-state index >= 15 is 0 Å². The summed E-state index contributed by atoms with van der Waals surface area (Å²) in [5, 5.41) is 15.1. The zero-order valence-corrected chi connectivity index (χ0v) is 10.9. The zero-order valence-electron chi connectivity index (χ0n) is 10.9. The Labute approximate surface area is 116 Å². The summed E-state index contributed by atoms with van der Waals surface area (Å²) in [5.41, 5.74) is 3.35. The molecular weight excluding hydrogens is 258 g/mol. The van der Waals surface area contributed by atoms with E-state index in [0.29, 0.717) is 11.8 Å². The third-order valence-corrected chi connectivity index (χ3v) is 4.16. The molecule has 1 amide bonds. The number of hydrogen-bond donors (Lipinski definition) is 1. The van der Waals surface area contributed by atoms with Crippen molar-refractivity contribution in [2.24, 2.45) is 16.9 Å². The van der Waals surface area contributed by atoms with Crippen LogP contribution in [0, 0.1) is 22.0 Å². The maximum absolute atomic E-state index is 12.0. The van der Waals surface area contributed by atoms with E-state index in [9.17, 15) is 14.9 Å². The van der Waals surface area contributed by atoms with Crippen molar-refractivity contribution in [2.75, 3.05) is 0 Å². The summed E-state index contributed by atoms with van der Waals surface area (Å²) < 4.78 is 0. The molecule has 104 valence electrons. The highest BCUT2D eigenvalue weighted by molar-refractivity contribution is 5.99. The molecule has 0 radical (unpaired) electrons. The lowest BCUT2D eigenvalue weighted by Crippen LogP contribution is -2.22. The van der Waals surface area contributed by atoms with E-state index in [1.807, 2.05) is 0 Å². The lowest BCUT2D eigenvalue weighted by atomic mass is 9.99.